The molecule has 7 heteroatoms. The maximum Gasteiger partial charge on any atom is 0.276 e. The summed E-state index contributed by atoms with van der Waals surface area (Å²) in [5, 5.41) is 11.6. The number of hydrogen-bond donors (Lipinski definition) is 3. The molecule has 0 unspecified atom stereocenters. The number of hydrazine groups is 1. The fourth-order valence-electron chi connectivity index (χ4n) is 2.35. The minimum Gasteiger partial charge on any atom is -0.484 e. The summed E-state index contributed by atoms with van der Waals surface area (Å²) in [6, 6.07) is 14.8. The van der Waals surface area contributed by atoms with Crippen molar-refractivity contribution in [3.05, 3.63) is 59.2 Å². The first kappa shape index (κ1) is 19.8. The van der Waals surface area contributed by atoms with Gasteiger partial charge in [0.15, 0.2) is 6.61 Å². The van der Waals surface area contributed by atoms with E-state index in [4.69, 9.17) is 10.00 Å². The highest BCUT2D eigenvalue weighted by Crippen LogP contribution is 2.15. The van der Waals surface area contributed by atoms with E-state index in [1.165, 1.54) is 0 Å². The van der Waals surface area contributed by atoms with E-state index >= 15 is 0 Å². The molecule has 0 spiro atoms. The Kier molecular flexibility index (Phi) is 7.20. The van der Waals surface area contributed by atoms with Crippen molar-refractivity contribution in [1.29, 1.82) is 5.26 Å². The molecular formula is C20H22N4O3. The molecule has 7 nitrogen and oxygen atoms in total. The molecule has 0 aliphatic carbocycles. The lowest BCUT2D eigenvalue weighted by molar-refractivity contribution is -0.129. The molecule has 0 saturated heterocycles. The summed E-state index contributed by atoms with van der Waals surface area (Å²) in [6.07, 6.45) is 0.322. The maximum atomic E-state index is 11.8. The minimum atomic E-state index is -0.476. The van der Waals surface area contributed by atoms with E-state index in [2.05, 4.69) is 22.2 Å². The quantitative estimate of drug-likeness (QED) is 0.651. The van der Waals surface area contributed by atoms with E-state index in [-0.39, 0.29) is 19.1 Å². The van der Waals surface area contributed by atoms with Crippen LogP contribution in [0.4, 0.5) is 5.69 Å². The van der Waals surface area contributed by atoms with Gasteiger partial charge in [-0.15, -0.1) is 0 Å². The van der Waals surface area contributed by atoms with Crippen LogP contribution in [0.25, 0.3) is 0 Å². The Bertz CT molecular complexity index is 841. The lowest BCUT2D eigenvalue weighted by atomic mass is 10.1. The summed E-state index contributed by atoms with van der Waals surface area (Å²) < 4.78 is 5.33. The molecule has 2 aromatic carbocycles. The van der Waals surface area contributed by atoms with Crippen LogP contribution >= 0.6 is 0 Å². The Labute approximate surface area is 158 Å². The van der Waals surface area contributed by atoms with Crippen molar-refractivity contribution >= 4 is 17.5 Å². The second kappa shape index (κ2) is 9.82. The van der Waals surface area contributed by atoms with Gasteiger partial charge in [0, 0.05) is 5.69 Å². The molecule has 2 rings (SSSR count). The molecule has 0 bridgehead atoms. The highest BCUT2D eigenvalue weighted by Gasteiger charge is 2.07. The van der Waals surface area contributed by atoms with Crippen molar-refractivity contribution in [2.24, 2.45) is 0 Å². The Morgan fingerprint density at radius 3 is 2.41 bits per heavy atom. The fourth-order valence-corrected chi connectivity index (χ4v) is 2.35. The average Bonchev–Trinajstić information content (AvgIpc) is 2.65. The van der Waals surface area contributed by atoms with E-state index in [9.17, 15) is 9.59 Å². The normalized spacial score (nSPS) is 9.81. The average molecular weight is 366 g/mol. The number of carbonyl (C=O) groups excluding carboxylic acids is 2. The van der Waals surface area contributed by atoms with E-state index in [0.29, 0.717) is 12.2 Å². The molecule has 0 fully saturated rings. The van der Waals surface area contributed by atoms with Gasteiger partial charge in [0.2, 0.25) is 0 Å². The van der Waals surface area contributed by atoms with Crippen LogP contribution in [0.5, 0.6) is 5.75 Å². The van der Waals surface area contributed by atoms with Gasteiger partial charge in [-0.2, -0.15) is 5.26 Å². The number of benzene rings is 2. The number of ether oxygens (including phenoxy) is 1. The molecule has 3 N–H and O–H groups in total. The van der Waals surface area contributed by atoms with Crippen LogP contribution in [0.15, 0.2) is 42.5 Å². The van der Waals surface area contributed by atoms with Gasteiger partial charge in [-0.3, -0.25) is 20.4 Å². The molecule has 2 aromatic rings. The largest absolute Gasteiger partial charge is 0.484 e. The summed E-state index contributed by atoms with van der Waals surface area (Å²) in [5.74, 6) is -0.338. The topological polar surface area (TPSA) is 103 Å². The number of hydrogen-bond acceptors (Lipinski definition) is 5. The predicted molar refractivity (Wildman–Crippen MR) is 102 cm³/mol. The minimum absolute atomic E-state index is 0.0331. The third-order valence-corrected chi connectivity index (χ3v) is 3.74. The first-order valence-corrected chi connectivity index (χ1v) is 8.45. The third kappa shape index (κ3) is 6.71. The molecule has 0 aliphatic heterocycles. The molecular weight excluding hydrogens is 344 g/mol. The molecule has 140 valence electrons. The number of carbonyl (C=O) groups is 2. The molecule has 27 heavy (non-hydrogen) atoms. The Balaban J connectivity index is 1.68. The second-order valence-electron chi connectivity index (χ2n) is 6.04. The van der Waals surface area contributed by atoms with Crippen molar-refractivity contribution in [3.63, 3.8) is 0 Å². The fraction of sp³-hybridized carbons (Fsp3) is 0.250. The monoisotopic (exact) mass is 366 g/mol. The third-order valence-electron chi connectivity index (χ3n) is 3.74. The van der Waals surface area contributed by atoms with E-state index in [1.807, 2.05) is 32.0 Å². The van der Waals surface area contributed by atoms with E-state index in [0.717, 1.165) is 22.4 Å². The Morgan fingerprint density at radius 2 is 1.74 bits per heavy atom. The predicted octanol–water partition coefficient (Wildman–Crippen LogP) is 2.01. The zero-order valence-corrected chi connectivity index (χ0v) is 15.3. The van der Waals surface area contributed by atoms with Crippen molar-refractivity contribution in [3.8, 4) is 11.8 Å². The smallest absolute Gasteiger partial charge is 0.276 e. The summed E-state index contributed by atoms with van der Waals surface area (Å²) in [7, 11) is 0. The van der Waals surface area contributed by atoms with Crippen molar-refractivity contribution in [2.45, 2.75) is 20.3 Å². The Morgan fingerprint density at radius 1 is 1.04 bits per heavy atom. The first-order chi connectivity index (χ1) is 13.0. The molecule has 0 radical (unpaired) electrons. The lowest BCUT2D eigenvalue weighted by Crippen LogP contribution is -2.46. The number of nitrogens with one attached hydrogen (secondary N) is 3. The second-order valence-corrected chi connectivity index (χ2v) is 6.04. The maximum absolute atomic E-state index is 11.8. The molecule has 0 saturated carbocycles. The molecule has 0 atom stereocenters. The summed E-state index contributed by atoms with van der Waals surface area (Å²) >= 11 is 0. The van der Waals surface area contributed by atoms with Gasteiger partial charge in [-0.05, 0) is 43.2 Å². The van der Waals surface area contributed by atoms with Gasteiger partial charge in [0.1, 0.15) is 5.75 Å². The van der Waals surface area contributed by atoms with Crippen LogP contribution < -0.4 is 20.9 Å². The van der Waals surface area contributed by atoms with Gasteiger partial charge < -0.3 is 10.1 Å². The van der Waals surface area contributed by atoms with Gasteiger partial charge in [0.25, 0.3) is 11.8 Å². The summed E-state index contributed by atoms with van der Waals surface area (Å²) in [6.45, 7) is 3.76. The van der Waals surface area contributed by atoms with Crippen LogP contribution in [0, 0.1) is 25.2 Å². The standard InChI is InChI=1S/C20H22N4O3/c1-14-3-8-18(15(2)11-14)22-12-19(25)23-24-20(26)13-27-17-6-4-16(5-7-17)9-10-21/h3-8,11,22H,9,12-13H2,1-2H3,(H,23,25)(H,24,26). The molecule has 0 heterocycles. The van der Waals surface area contributed by atoms with Crippen molar-refractivity contribution in [1.82, 2.24) is 10.9 Å². The highest BCUT2D eigenvalue weighted by molar-refractivity contribution is 5.85. The van der Waals surface area contributed by atoms with Crippen LogP contribution in [0.1, 0.15) is 16.7 Å². The number of aryl methyl sites for hydroxylation is 2. The van der Waals surface area contributed by atoms with Crippen LogP contribution in [0.3, 0.4) is 0 Å². The molecule has 2 amide bonds. The summed E-state index contributed by atoms with van der Waals surface area (Å²) in [5.41, 5.74) is 8.56. The van der Waals surface area contributed by atoms with Gasteiger partial charge >= 0.3 is 0 Å². The van der Waals surface area contributed by atoms with Crippen LogP contribution in [-0.4, -0.2) is 25.0 Å². The molecule has 0 aromatic heterocycles. The van der Waals surface area contributed by atoms with Crippen LogP contribution in [0.2, 0.25) is 0 Å². The molecule has 0 aliphatic rings. The Hall–Kier alpha value is -3.53. The zero-order valence-electron chi connectivity index (χ0n) is 15.3. The number of amides is 2. The first-order valence-electron chi connectivity index (χ1n) is 8.45. The number of nitrogens with zero attached hydrogens (tertiary/aromatic N) is 1. The van der Waals surface area contributed by atoms with Gasteiger partial charge in [-0.25, -0.2) is 0 Å². The lowest BCUT2D eigenvalue weighted by Gasteiger charge is -2.11. The number of nitriles is 1. The van der Waals surface area contributed by atoms with Gasteiger partial charge in [0.05, 0.1) is 19.0 Å². The van der Waals surface area contributed by atoms with Crippen molar-refractivity contribution in [2.75, 3.05) is 18.5 Å². The van der Waals surface area contributed by atoms with Gasteiger partial charge in [-0.1, -0.05) is 29.8 Å². The number of rotatable bonds is 7. The van der Waals surface area contributed by atoms with E-state index in [1.54, 1.807) is 24.3 Å². The SMILES string of the molecule is Cc1ccc(NCC(=O)NNC(=O)COc2ccc(CC#N)cc2)c(C)c1. The van der Waals surface area contributed by atoms with Crippen LogP contribution in [-0.2, 0) is 16.0 Å². The summed E-state index contributed by atoms with van der Waals surface area (Å²) in [4.78, 5) is 23.6. The number of anilines is 1. The van der Waals surface area contributed by atoms with Crippen molar-refractivity contribution < 1.29 is 14.3 Å². The highest BCUT2D eigenvalue weighted by atomic mass is 16.5. The zero-order chi connectivity index (χ0) is 19.6. The van der Waals surface area contributed by atoms with E-state index < -0.39 is 5.91 Å².